The van der Waals surface area contributed by atoms with Gasteiger partial charge in [0.05, 0.1) is 25.4 Å². The lowest BCUT2D eigenvalue weighted by molar-refractivity contribution is -0.143. The van der Waals surface area contributed by atoms with Gasteiger partial charge in [-0.2, -0.15) is 0 Å². The van der Waals surface area contributed by atoms with Crippen molar-refractivity contribution >= 4 is 11.9 Å². The molecule has 0 rings (SSSR count). The molecule has 2 atom stereocenters. The number of hydrogen-bond acceptors (Lipinski definition) is 5. The van der Waals surface area contributed by atoms with Gasteiger partial charge in [-0.25, -0.2) is 0 Å². The molecule has 1 amide bonds. The lowest BCUT2D eigenvalue weighted by atomic mass is 10.0. The molecule has 6 heteroatoms. The number of aliphatic hydroxyl groups is 2. The van der Waals surface area contributed by atoms with Crippen LogP contribution in [0.5, 0.6) is 0 Å². The van der Waals surface area contributed by atoms with Crippen molar-refractivity contribution in [2.45, 2.75) is 296 Å². The zero-order valence-electron chi connectivity index (χ0n) is 39.0. The Morgan fingerprint density at radius 3 is 1.28 bits per heavy atom. The first-order chi connectivity index (χ1) is 28.5. The van der Waals surface area contributed by atoms with Gasteiger partial charge in [0.25, 0.3) is 0 Å². The molecule has 344 valence electrons. The van der Waals surface area contributed by atoms with Crippen molar-refractivity contribution in [1.29, 1.82) is 0 Å². The van der Waals surface area contributed by atoms with Crippen molar-refractivity contribution in [3.63, 3.8) is 0 Å². The van der Waals surface area contributed by atoms with Crippen LogP contribution in [-0.4, -0.2) is 47.4 Å². The smallest absolute Gasteiger partial charge is 0.305 e. The van der Waals surface area contributed by atoms with Crippen molar-refractivity contribution in [3.05, 3.63) is 12.2 Å². The van der Waals surface area contributed by atoms with Crippen LogP contribution in [0, 0.1) is 0 Å². The van der Waals surface area contributed by atoms with Gasteiger partial charge in [-0.3, -0.25) is 9.59 Å². The number of nitrogens with one attached hydrogen (secondary N) is 1. The average molecular weight is 820 g/mol. The Bertz CT molecular complexity index is 863. The van der Waals surface area contributed by atoms with Crippen molar-refractivity contribution in [2.24, 2.45) is 0 Å². The summed E-state index contributed by atoms with van der Waals surface area (Å²) in [5.41, 5.74) is 0. The lowest BCUT2D eigenvalue weighted by Crippen LogP contribution is -2.45. The van der Waals surface area contributed by atoms with E-state index in [9.17, 15) is 19.8 Å². The quantitative estimate of drug-likeness (QED) is 0.0323. The summed E-state index contributed by atoms with van der Waals surface area (Å²) in [6, 6.07) is -0.547. The summed E-state index contributed by atoms with van der Waals surface area (Å²) >= 11 is 0. The van der Waals surface area contributed by atoms with E-state index in [4.69, 9.17) is 4.74 Å². The summed E-state index contributed by atoms with van der Waals surface area (Å²) in [6.45, 7) is 4.90. The van der Waals surface area contributed by atoms with Gasteiger partial charge >= 0.3 is 5.97 Å². The second-order valence-electron chi connectivity index (χ2n) is 17.9. The monoisotopic (exact) mass is 820 g/mol. The van der Waals surface area contributed by atoms with Gasteiger partial charge in [0, 0.05) is 12.8 Å². The van der Waals surface area contributed by atoms with Crippen LogP contribution in [-0.2, 0) is 14.3 Å². The Morgan fingerprint density at radius 1 is 0.466 bits per heavy atom. The average Bonchev–Trinajstić information content (AvgIpc) is 3.22. The number of carbonyl (C=O) groups excluding carboxylic acids is 2. The second-order valence-corrected chi connectivity index (χ2v) is 17.9. The predicted molar refractivity (Wildman–Crippen MR) is 250 cm³/mol. The number of hydrogen-bond donors (Lipinski definition) is 3. The molecule has 0 fully saturated rings. The van der Waals surface area contributed by atoms with Crippen molar-refractivity contribution in [3.8, 4) is 0 Å². The van der Waals surface area contributed by atoms with E-state index in [-0.39, 0.29) is 18.5 Å². The summed E-state index contributed by atoms with van der Waals surface area (Å²) in [5.74, 6) is -0.0528. The van der Waals surface area contributed by atoms with Crippen molar-refractivity contribution < 1.29 is 24.5 Å². The number of aliphatic hydroxyl groups excluding tert-OH is 2. The fraction of sp³-hybridized carbons (Fsp3) is 0.923. The first-order valence-corrected chi connectivity index (χ1v) is 25.9. The molecule has 6 nitrogen and oxygen atoms in total. The van der Waals surface area contributed by atoms with E-state index in [1.165, 1.54) is 199 Å². The van der Waals surface area contributed by atoms with Crippen LogP contribution in [0.1, 0.15) is 284 Å². The van der Waals surface area contributed by atoms with Crippen molar-refractivity contribution in [2.75, 3.05) is 13.2 Å². The van der Waals surface area contributed by atoms with E-state index in [1.807, 2.05) is 0 Å². The number of carbonyl (C=O) groups is 2. The fourth-order valence-corrected chi connectivity index (χ4v) is 8.03. The van der Waals surface area contributed by atoms with Gasteiger partial charge in [-0.15, -0.1) is 0 Å². The molecule has 0 aliphatic heterocycles. The molecule has 58 heavy (non-hydrogen) atoms. The normalized spacial score (nSPS) is 12.7. The Hall–Kier alpha value is -1.40. The highest BCUT2D eigenvalue weighted by Gasteiger charge is 2.20. The third-order valence-electron chi connectivity index (χ3n) is 12.1. The molecule has 0 bridgehead atoms. The van der Waals surface area contributed by atoms with Crippen LogP contribution in [0.2, 0.25) is 0 Å². The van der Waals surface area contributed by atoms with E-state index in [0.29, 0.717) is 25.9 Å². The van der Waals surface area contributed by atoms with E-state index in [2.05, 4.69) is 31.3 Å². The highest BCUT2D eigenvalue weighted by Crippen LogP contribution is 2.17. The Labute approximate surface area is 361 Å². The maximum atomic E-state index is 12.4. The number of allylic oxidation sites excluding steroid dienone is 2. The Kier molecular flexibility index (Phi) is 47.1. The summed E-state index contributed by atoms with van der Waals surface area (Å²) in [7, 11) is 0. The fourth-order valence-electron chi connectivity index (χ4n) is 8.03. The molecule has 2 unspecified atom stereocenters. The Balaban J connectivity index is 3.44. The zero-order valence-corrected chi connectivity index (χ0v) is 39.0. The van der Waals surface area contributed by atoms with E-state index in [1.54, 1.807) is 0 Å². The van der Waals surface area contributed by atoms with E-state index >= 15 is 0 Å². The van der Waals surface area contributed by atoms with Crippen LogP contribution in [0.4, 0.5) is 0 Å². The molecule has 0 heterocycles. The predicted octanol–water partition coefficient (Wildman–Crippen LogP) is 15.3. The molecule has 0 aromatic carbocycles. The molecule has 0 spiro atoms. The highest BCUT2D eigenvalue weighted by molar-refractivity contribution is 5.76. The van der Waals surface area contributed by atoms with Gasteiger partial charge < -0.3 is 20.3 Å². The van der Waals surface area contributed by atoms with E-state index < -0.39 is 12.1 Å². The lowest BCUT2D eigenvalue weighted by Gasteiger charge is -2.22. The standard InChI is InChI=1S/C52H101NO5/c1-3-5-7-9-11-13-15-16-18-21-25-28-32-36-40-44-50(55)49(48-54)53-51(56)45-41-37-33-29-26-22-19-17-20-23-27-31-35-39-43-47-58-52(57)46-42-38-34-30-24-14-12-10-8-6-4-2/h10,12,49-50,54-55H,3-9,11,13-48H2,1-2H3,(H,53,56)/b12-10-. The minimum absolute atomic E-state index is 0.0102. The molecule has 0 aromatic rings. The highest BCUT2D eigenvalue weighted by atomic mass is 16.5. The maximum absolute atomic E-state index is 12.4. The van der Waals surface area contributed by atoms with Gasteiger partial charge in [0.1, 0.15) is 0 Å². The third kappa shape index (κ3) is 44.2. The van der Waals surface area contributed by atoms with Gasteiger partial charge in [0.2, 0.25) is 5.91 Å². The topological polar surface area (TPSA) is 95.9 Å². The maximum Gasteiger partial charge on any atom is 0.305 e. The summed E-state index contributed by atoms with van der Waals surface area (Å²) in [6.07, 6.45) is 54.6. The van der Waals surface area contributed by atoms with Crippen LogP contribution >= 0.6 is 0 Å². The molecule has 0 aromatic heterocycles. The number of amides is 1. The minimum Gasteiger partial charge on any atom is -0.466 e. The summed E-state index contributed by atoms with van der Waals surface area (Å²) in [5, 5.41) is 23.2. The second kappa shape index (κ2) is 48.3. The molecule has 0 aliphatic rings. The minimum atomic E-state index is -0.669. The van der Waals surface area contributed by atoms with Crippen LogP contribution < -0.4 is 5.32 Å². The van der Waals surface area contributed by atoms with Gasteiger partial charge in [0.15, 0.2) is 0 Å². The third-order valence-corrected chi connectivity index (χ3v) is 12.1. The number of unbranched alkanes of at least 4 members (excludes halogenated alkanes) is 35. The Morgan fingerprint density at radius 2 is 0.828 bits per heavy atom. The molecule has 3 N–H and O–H groups in total. The van der Waals surface area contributed by atoms with Crippen molar-refractivity contribution in [1.82, 2.24) is 5.32 Å². The number of esters is 1. The largest absolute Gasteiger partial charge is 0.466 e. The van der Waals surface area contributed by atoms with Gasteiger partial charge in [-0.1, -0.05) is 238 Å². The van der Waals surface area contributed by atoms with Crippen LogP contribution in [0.3, 0.4) is 0 Å². The summed E-state index contributed by atoms with van der Waals surface area (Å²) < 4.78 is 5.44. The van der Waals surface area contributed by atoms with E-state index in [0.717, 1.165) is 51.4 Å². The number of ether oxygens (including phenoxy) is 1. The first-order valence-electron chi connectivity index (χ1n) is 25.9. The zero-order chi connectivity index (χ0) is 42.3. The van der Waals surface area contributed by atoms with Crippen LogP contribution in [0.15, 0.2) is 12.2 Å². The van der Waals surface area contributed by atoms with Gasteiger partial charge in [-0.05, 0) is 44.9 Å². The first kappa shape index (κ1) is 56.6. The van der Waals surface area contributed by atoms with Crippen LogP contribution in [0.25, 0.3) is 0 Å². The number of rotatable bonds is 48. The molecular weight excluding hydrogens is 719 g/mol. The molecule has 0 saturated heterocycles. The SMILES string of the molecule is CCCC/C=C\CCCCCCCC(=O)OCCCCCCCCCCCCCCCCCC(=O)NC(CO)C(O)CCCCCCCCCCCCCCCCC. The molecule has 0 saturated carbocycles. The molecular formula is C52H101NO5. The molecule has 0 radical (unpaired) electrons. The molecule has 0 aliphatic carbocycles. The summed E-state index contributed by atoms with van der Waals surface area (Å²) in [4.78, 5) is 24.4.